The highest BCUT2D eigenvalue weighted by Crippen LogP contribution is 2.29. The van der Waals surface area contributed by atoms with Crippen molar-refractivity contribution in [3.63, 3.8) is 0 Å². The van der Waals surface area contributed by atoms with Crippen LogP contribution in [0.2, 0.25) is 0 Å². The zero-order valence-corrected chi connectivity index (χ0v) is 14.5. The van der Waals surface area contributed by atoms with E-state index in [-0.39, 0.29) is 0 Å². The Labute approximate surface area is 134 Å². The summed E-state index contributed by atoms with van der Waals surface area (Å²) in [5.41, 5.74) is 3.12. The van der Waals surface area contributed by atoms with Gasteiger partial charge in [-0.2, -0.15) is 0 Å². The van der Waals surface area contributed by atoms with Crippen molar-refractivity contribution in [3.05, 3.63) is 51.8 Å². The molecule has 0 radical (unpaired) electrons. The second-order valence-electron chi connectivity index (χ2n) is 5.48. The lowest BCUT2D eigenvalue weighted by Crippen LogP contribution is -2.22. The van der Waals surface area contributed by atoms with E-state index in [9.17, 15) is 0 Å². The van der Waals surface area contributed by atoms with Crippen LogP contribution in [0.15, 0.2) is 34.9 Å². The number of aryl methyl sites for hydroxylation is 2. The fraction of sp³-hybridized carbons (Fsp3) is 0.353. The fourth-order valence-electron chi connectivity index (χ4n) is 1.95. The van der Waals surface area contributed by atoms with Gasteiger partial charge in [0.05, 0.1) is 0 Å². The molecule has 0 spiro atoms. The molecule has 0 bridgehead atoms. The molecular formula is C17H21BrN2O. The molecule has 0 atom stereocenters. The van der Waals surface area contributed by atoms with Crippen LogP contribution in [0.25, 0.3) is 0 Å². The van der Waals surface area contributed by atoms with Gasteiger partial charge in [-0.15, -0.1) is 0 Å². The minimum absolute atomic E-state index is 0.425. The van der Waals surface area contributed by atoms with Crippen LogP contribution in [-0.4, -0.2) is 11.0 Å². The number of pyridine rings is 1. The third-order valence-corrected chi connectivity index (χ3v) is 3.63. The summed E-state index contributed by atoms with van der Waals surface area (Å²) < 4.78 is 7.16. The average Bonchev–Trinajstić information content (AvgIpc) is 2.41. The van der Waals surface area contributed by atoms with Crippen molar-refractivity contribution in [2.24, 2.45) is 0 Å². The molecule has 1 heterocycles. The predicted molar refractivity (Wildman–Crippen MR) is 89.9 cm³/mol. The highest BCUT2D eigenvalue weighted by atomic mass is 79.9. The lowest BCUT2D eigenvalue weighted by molar-refractivity contribution is 0.464. The van der Waals surface area contributed by atoms with E-state index in [0.29, 0.717) is 6.04 Å². The first kappa shape index (κ1) is 16.0. The molecule has 1 aromatic heterocycles. The van der Waals surface area contributed by atoms with E-state index in [4.69, 9.17) is 4.74 Å². The first-order valence-electron chi connectivity index (χ1n) is 7.08. The van der Waals surface area contributed by atoms with Gasteiger partial charge in [0.1, 0.15) is 11.5 Å². The number of nitrogens with zero attached hydrogens (tertiary/aromatic N) is 1. The van der Waals surface area contributed by atoms with E-state index < -0.39 is 0 Å². The molecule has 3 nitrogen and oxygen atoms in total. The van der Waals surface area contributed by atoms with Gasteiger partial charge in [-0.25, -0.2) is 0 Å². The van der Waals surface area contributed by atoms with Crippen LogP contribution in [-0.2, 0) is 6.54 Å². The second-order valence-corrected chi connectivity index (χ2v) is 6.40. The smallest absolute Gasteiger partial charge is 0.135 e. The molecule has 4 heteroatoms. The molecular weight excluding hydrogens is 328 g/mol. The molecule has 21 heavy (non-hydrogen) atoms. The molecule has 1 N–H and O–H groups in total. The van der Waals surface area contributed by atoms with Gasteiger partial charge in [0.25, 0.3) is 0 Å². The summed E-state index contributed by atoms with van der Waals surface area (Å²) in [6.45, 7) is 9.01. The van der Waals surface area contributed by atoms with Crippen LogP contribution in [0, 0.1) is 13.8 Å². The number of halogens is 1. The monoisotopic (exact) mass is 348 g/mol. The van der Waals surface area contributed by atoms with E-state index in [2.05, 4.69) is 46.1 Å². The number of aromatic nitrogens is 1. The van der Waals surface area contributed by atoms with E-state index >= 15 is 0 Å². The average molecular weight is 349 g/mol. The topological polar surface area (TPSA) is 34.1 Å². The third-order valence-electron chi connectivity index (χ3n) is 3.14. The Kier molecular flexibility index (Phi) is 5.37. The summed E-state index contributed by atoms with van der Waals surface area (Å²) in [5.74, 6) is 1.73. The number of benzene rings is 1. The quantitative estimate of drug-likeness (QED) is 0.846. The van der Waals surface area contributed by atoms with Crippen LogP contribution in [0.3, 0.4) is 0 Å². The van der Waals surface area contributed by atoms with Gasteiger partial charge < -0.3 is 10.1 Å². The Morgan fingerprint density at radius 1 is 1.19 bits per heavy atom. The van der Waals surface area contributed by atoms with E-state index in [1.807, 2.05) is 38.2 Å². The molecule has 0 unspecified atom stereocenters. The van der Waals surface area contributed by atoms with Gasteiger partial charge >= 0.3 is 0 Å². The van der Waals surface area contributed by atoms with Crippen molar-refractivity contribution < 1.29 is 4.74 Å². The van der Waals surface area contributed by atoms with Crippen LogP contribution in [0.1, 0.15) is 30.7 Å². The zero-order chi connectivity index (χ0) is 15.4. The van der Waals surface area contributed by atoms with E-state index in [1.165, 1.54) is 0 Å². The summed E-state index contributed by atoms with van der Waals surface area (Å²) >= 11 is 3.47. The van der Waals surface area contributed by atoms with Gasteiger partial charge in [0.2, 0.25) is 0 Å². The summed E-state index contributed by atoms with van der Waals surface area (Å²) in [4.78, 5) is 4.37. The first-order chi connectivity index (χ1) is 9.95. The van der Waals surface area contributed by atoms with Crippen molar-refractivity contribution in [2.75, 3.05) is 0 Å². The standard InChI is InChI=1S/C17H21BrN2O/c1-11(2)19-9-14-10-20-13(4)8-17(14)21-16-6-5-15(18)7-12(16)3/h5-8,10-11,19H,9H2,1-4H3. The zero-order valence-electron chi connectivity index (χ0n) is 12.9. The second kappa shape index (κ2) is 7.05. The van der Waals surface area contributed by atoms with Gasteiger partial charge in [0, 0.05) is 40.6 Å². The van der Waals surface area contributed by atoms with Crippen molar-refractivity contribution in [1.82, 2.24) is 10.3 Å². The molecule has 0 aliphatic rings. The Morgan fingerprint density at radius 2 is 1.95 bits per heavy atom. The highest BCUT2D eigenvalue weighted by Gasteiger charge is 2.09. The molecule has 2 rings (SSSR count). The number of hydrogen-bond acceptors (Lipinski definition) is 3. The Balaban J connectivity index is 2.27. The predicted octanol–water partition coefficient (Wildman–Crippen LogP) is 4.75. The number of nitrogens with one attached hydrogen (secondary N) is 1. The van der Waals surface area contributed by atoms with Gasteiger partial charge in [-0.1, -0.05) is 29.8 Å². The van der Waals surface area contributed by atoms with Gasteiger partial charge in [-0.05, 0) is 37.6 Å². The summed E-state index contributed by atoms with van der Waals surface area (Å²) in [5, 5.41) is 3.40. The molecule has 0 saturated carbocycles. The highest BCUT2D eigenvalue weighted by molar-refractivity contribution is 9.10. The largest absolute Gasteiger partial charge is 0.457 e. The minimum Gasteiger partial charge on any atom is -0.457 e. The third kappa shape index (κ3) is 4.55. The molecule has 1 aromatic carbocycles. The fourth-order valence-corrected chi connectivity index (χ4v) is 2.43. The van der Waals surface area contributed by atoms with Crippen molar-refractivity contribution in [2.45, 2.75) is 40.3 Å². The van der Waals surface area contributed by atoms with E-state index in [1.54, 1.807) is 0 Å². The molecule has 2 aromatic rings. The molecule has 0 aliphatic heterocycles. The normalized spacial score (nSPS) is 11.0. The van der Waals surface area contributed by atoms with Crippen LogP contribution in [0.4, 0.5) is 0 Å². The summed E-state index contributed by atoms with van der Waals surface area (Å²) in [7, 11) is 0. The Morgan fingerprint density at radius 3 is 2.62 bits per heavy atom. The maximum Gasteiger partial charge on any atom is 0.135 e. The lowest BCUT2D eigenvalue weighted by atomic mass is 10.2. The van der Waals surface area contributed by atoms with E-state index in [0.717, 1.165) is 39.3 Å². The molecule has 112 valence electrons. The van der Waals surface area contributed by atoms with Gasteiger partial charge in [0.15, 0.2) is 0 Å². The Hall–Kier alpha value is -1.39. The van der Waals surface area contributed by atoms with Crippen molar-refractivity contribution in [1.29, 1.82) is 0 Å². The molecule has 0 fully saturated rings. The summed E-state index contributed by atoms with van der Waals surface area (Å²) in [6.07, 6.45) is 1.88. The SMILES string of the molecule is Cc1cc(Oc2ccc(Br)cc2C)c(CNC(C)C)cn1. The minimum atomic E-state index is 0.425. The molecule has 0 saturated heterocycles. The van der Waals surface area contributed by atoms with Crippen LogP contribution in [0.5, 0.6) is 11.5 Å². The number of ether oxygens (including phenoxy) is 1. The summed E-state index contributed by atoms with van der Waals surface area (Å²) in [6, 6.07) is 8.43. The maximum absolute atomic E-state index is 6.11. The number of hydrogen-bond donors (Lipinski definition) is 1. The lowest BCUT2D eigenvalue weighted by Gasteiger charge is -2.15. The van der Waals surface area contributed by atoms with Gasteiger partial charge in [-0.3, -0.25) is 4.98 Å². The van der Waals surface area contributed by atoms with Crippen molar-refractivity contribution >= 4 is 15.9 Å². The molecule has 0 amide bonds. The van der Waals surface area contributed by atoms with Crippen molar-refractivity contribution in [3.8, 4) is 11.5 Å². The Bertz CT molecular complexity index is 626. The van der Waals surface area contributed by atoms with Crippen LogP contribution >= 0.6 is 15.9 Å². The first-order valence-corrected chi connectivity index (χ1v) is 7.88. The van der Waals surface area contributed by atoms with Crippen LogP contribution < -0.4 is 10.1 Å². The number of rotatable bonds is 5. The molecule has 0 aliphatic carbocycles. The maximum atomic E-state index is 6.11.